The van der Waals surface area contributed by atoms with E-state index < -0.39 is 6.10 Å². The van der Waals surface area contributed by atoms with Gasteiger partial charge >= 0.3 is 0 Å². The minimum atomic E-state index is -0.584. The molecule has 1 N–H and O–H groups in total. The van der Waals surface area contributed by atoms with Crippen molar-refractivity contribution >= 4 is 0 Å². The minimum Gasteiger partial charge on any atom is -0.388 e. The van der Waals surface area contributed by atoms with Crippen LogP contribution in [0.3, 0.4) is 0 Å². The predicted molar refractivity (Wildman–Crippen MR) is 97.6 cm³/mol. The van der Waals surface area contributed by atoms with Crippen LogP contribution in [-0.4, -0.2) is 64.1 Å². The molecule has 0 radical (unpaired) electrons. The molecule has 0 unspecified atom stereocenters. The molecule has 0 aromatic rings. The molecule has 0 saturated heterocycles. The summed E-state index contributed by atoms with van der Waals surface area (Å²) >= 11 is 0. The average Bonchev–Trinajstić information content (AvgIpc) is 2.59. The highest BCUT2D eigenvalue weighted by Crippen LogP contribution is 2.04. The Morgan fingerprint density at radius 1 is 0.542 bits per heavy atom. The zero-order chi connectivity index (χ0) is 17.7. The molecule has 0 aliphatic carbocycles. The summed E-state index contributed by atoms with van der Waals surface area (Å²) < 4.78 is 21.6. The molecule has 5 heteroatoms. The maximum Gasteiger partial charge on any atom is 0.101 e. The Hall–Kier alpha value is -0.200. The lowest BCUT2D eigenvalue weighted by atomic mass is 10.1. The maximum absolute atomic E-state index is 9.70. The summed E-state index contributed by atoms with van der Waals surface area (Å²) in [4.78, 5) is 0. The summed E-state index contributed by atoms with van der Waals surface area (Å²) in [5, 5.41) is 9.70. The van der Waals surface area contributed by atoms with Crippen molar-refractivity contribution in [1.82, 2.24) is 0 Å². The van der Waals surface area contributed by atoms with Gasteiger partial charge in [0.15, 0.2) is 0 Å². The first-order valence-corrected chi connectivity index (χ1v) is 9.80. The highest BCUT2D eigenvalue weighted by molar-refractivity contribution is 4.51. The highest BCUT2D eigenvalue weighted by Gasteiger charge is 2.04. The molecule has 5 nitrogen and oxygen atoms in total. The van der Waals surface area contributed by atoms with Gasteiger partial charge in [0.1, 0.15) is 6.10 Å². The first-order chi connectivity index (χ1) is 11.8. The second kappa shape index (κ2) is 20.8. The van der Waals surface area contributed by atoms with Crippen molar-refractivity contribution in [2.45, 2.75) is 71.3 Å². The number of unbranched alkanes of at least 4 members (excludes halogenated alkanes) is 6. The summed E-state index contributed by atoms with van der Waals surface area (Å²) in [5.41, 5.74) is 0. The van der Waals surface area contributed by atoms with Gasteiger partial charge in [0.05, 0.1) is 39.6 Å². The number of aliphatic hydroxyl groups is 1. The van der Waals surface area contributed by atoms with Gasteiger partial charge in [0.2, 0.25) is 0 Å². The molecule has 0 amide bonds. The average molecular weight is 349 g/mol. The molecule has 0 aliphatic heterocycles. The van der Waals surface area contributed by atoms with E-state index in [-0.39, 0.29) is 13.2 Å². The molecule has 1 atom stereocenters. The zero-order valence-corrected chi connectivity index (χ0v) is 16.0. The highest BCUT2D eigenvalue weighted by atomic mass is 16.5. The van der Waals surface area contributed by atoms with E-state index in [4.69, 9.17) is 18.9 Å². The van der Waals surface area contributed by atoms with E-state index in [1.54, 1.807) is 0 Å². The Morgan fingerprint density at radius 3 is 1.58 bits per heavy atom. The van der Waals surface area contributed by atoms with Gasteiger partial charge in [-0.05, 0) is 12.8 Å². The van der Waals surface area contributed by atoms with Crippen LogP contribution in [0.2, 0.25) is 0 Å². The molecule has 24 heavy (non-hydrogen) atoms. The van der Waals surface area contributed by atoms with Gasteiger partial charge < -0.3 is 24.1 Å². The fourth-order valence-electron chi connectivity index (χ4n) is 2.16. The Labute approximate surface area is 149 Å². The first kappa shape index (κ1) is 23.8. The van der Waals surface area contributed by atoms with Crippen molar-refractivity contribution < 1.29 is 24.1 Å². The van der Waals surface area contributed by atoms with Crippen molar-refractivity contribution in [1.29, 1.82) is 0 Å². The van der Waals surface area contributed by atoms with Gasteiger partial charge in [-0.15, -0.1) is 0 Å². The fraction of sp³-hybridized carbons (Fsp3) is 1.00. The second-order valence-electron chi connectivity index (χ2n) is 6.15. The van der Waals surface area contributed by atoms with E-state index in [0.29, 0.717) is 26.4 Å². The van der Waals surface area contributed by atoms with Crippen LogP contribution in [0.5, 0.6) is 0 Å². The van der Waals surface area contributed by atoms with Crippen LogP contribution in [0.1, 0.15) is 65.2 Å². The van der Waals surface area contributed by atoms with Gasteiger partial charge in [-0.2, -0.15) is 0 Å². The smallest absolute Gasteiger partial charge is 0.101 e. The van der Waals surface area contributed by atoms with Crippen LogP contribution >= 0.6 is 0 Å². The maximum atomic E-state index is 9.70. The van der Waals surface area contributed by atoms with Crippen LogP contribution in [0.15, 0.2) is 0 Å². The van der Waals surface area contributed by atoms with Crippen molar-refractivity contribution in [3.63, 3.8) is 0 Å². The fourth-order valence-corrected chi connectivity index (χ4v) is 2.16. The Kier molecular flexibility index (Phi) is 20.7. The molecular weight excluding hydrogens is 308 g/mol. The molecule has 0 heterocycles. The monoisotopic (exact) mass is 348 g/mol. The largest absolute Gasteiger partial charge is 0.388 e. The Balaban J connectivity index is 3.11. The van der Waals surface area contributed by atoms with Crippen LogP contribution in [0.4, 0.5) is 0 Å². The summed E-state index contributed by atoms with van der Waals surface area (Å²) in [6, 6.07) is 0. The molecule has 0 fully saturated rings. The SMILES string of the molecule is CCCCCCCCOCCOC[C@@H](O)COCCOCCCC. The second-order valence-corrected chi connectivity index (χ2v) is 6.15. The first-order valence-electron chi connectivity index (χ1n) is 9.80. The lowest BCUT2D eigenvalue weighted by molar-refractivity contribution is -0.0414. The molecule has 0 aromatic carbocycles. The summed E-state index contributed by atoms with van der Waals surface area (Å²) in [7, 11) is 0. The molecule has 0 saturated carbocycles. The number of hydrogen-bond acceptors (Lipinski definition) is 5. The normalized spacial score (nSPS) is 12.6. The van der Waals surface area contributed by atoms with Gasteiger partial charge in [-0.25, -0.2) is 0 Å². The van der Waals surface area contributed by atoms with Gasteiger partial charge in [-0.1, -0.05) is 52.4 Å². The molecular formula is C19H40O5. The Bertz CT molecular complexity index is 226. The van der Waals surface area contributed by atoms with E-state index in [2.05, 4.69) is 13.8 Å². The van der Waals surface area contributed by atoms with Gasteiger partial charge in [0, 0.05) is 13.2 Å². The number of rotatable bonds is 20. The molecule has 0 aliphatic rings. The number of hydrogen-bond donors (Lipinski definition) is 1. The predicted octanol–water partition coefficient (Wildman–Crippen LogP) is 3.57. The third-order valence-corrected chi connectivity index (χ3v) is 3.65. The van der Waals surface area contributed by atoms with Crippen LogP contribution in [-0.2, 0) is 18.9 Å². The van der Waals surface area contributed by atoms with Gasteiger partial charge in [0.25, 0.3) is 0 Å². The molecule has 146 valence electrons. The van der Waals surface area contributed by atoms with E-state index in [1.807, 2.05) is 0 Å². The summed E-state index contributed by atoms with van der Waals surface area (Å²) in [6.45, 7) is 8.74. The third kappa shape index (κ3) is 19.8. The topological polar surface area (TPSA) is 57.2 Å². The summed E-state index contributed by atoms with van der Waals surface area (Å²) in [6.07, 6.45) is 9.29. The van der Waals surface area contributed by atoms with Crippen molar-refractivity contribution in [2.75, 3.05) is 52.9 Å². The van der Waals surface area contributed by atoms with E-state index in [9.17, 15) is 5.11 Å². The van der Waals surface area contributed by atoms with E-state index in [0.717, 1.165) is 32.5 Å². The van der Waals surface area contributed by atoms with Crippen molar-refractivity contribution in [2.24, 2.45) is 0 Å². The van der Waals surface area contributed by atoms with E-state index >= 15 is 0 Å². The molecule has 0 aromatic heterocycles. The van der Waals surface area contributed by atoms with Gasteiger partial charge in [-0.3, -0.25) is 0 Å². The molecule has 0 spiro atoms. The van der Waals surface area contributed by atoms with E-state index in [1.165, 1.54) is 32.1 Å². The molecule has 0 rings (SSSR count). The Morgan fingerprint density at radius 2 is 1.00 bits per heavy atom. The lowest BCUT2D eigenvalue weighted by Crippen LogP contribution is -2.24. The standard InChI is InChI=1S/C19H40O5/c1-3-5-7-8-9-10-12-22-14-16-24-18-19(20)17-23-15-13-21-11-6-4-2/h19-20H,3-18H2,1-2H3/t19-/m0/s1. The van der Waals surface area contributed by atoms with Crippen molar-refractivity contribution in [3.05, 3.63) is 0 Å². The van der Waals surface area contributed by atoms with Crippen LogP contribution in [0.25, 0.3) is 0 Å². The number of aliphatic hydroxyl groups excluding tert-OH is 1. The zero-order valence-electron chi connectivity index (χ0n) is 16.0. The van der Waals surface area contributed by atoms with Crippen LogP contribution in [0, 0.1) is 0 Å². The third-order valence-electron chi connectivity index (χ3n) is 3.65. The van der Waals surface area contributed by atoms with Crippen LogP contribution < -0.4 is 0 Å². The minimum absolute atomic E-state index is 0.287. The lowest BCUT2D eigenvalue weighted by Gasteiger charge is -2.12. The quantitative estimate of drug-likeness (QED) is 0.341. The molecule has 0 bridgehead atoms. The number of ether oxygens (including phenoxy) is 4. The van der Waals surface area contributed by atoms with Crippen molar-refractivity contribution in [3.8, 4) is 0 Å². The summed E-state index contributed by atoms with van der Waals surface area (Å²) in [5.74, 6) is 0.